The van der Waals surface area contributed by atoms with Gasteiger partial charge < -0.3 is 5.11 Å². The molecule has 0 fully saturated rings. The molecule has 0 saturated carbocycles. The molecule has 0 radical (unpaired) electrons. The first-order valence-corrected chi connectivity index (χ1v) is 4.29. The Labute approximate surface area is 65.3 Å². The molecule has 2 heteroatoms. The fraction of sp³-hybridized carbons (Fsp3) is 0.500. The van der Waals surface area contributed by atoms with Crippen LogP contribution in [0.25, 0.3) is 0 Å². The minimum atomic E-state index is 0.428. The third-order valence-corrected chi connectivity index (χ3v) is 2.81. The Morgan fingerprint density at radius 3 is 2.50 bits per heavy atom. The van der Waals surface area contributed by atoms with Crippen molar-refractivity contribution >= 4 is 11.3 Å². The number of hydrogen-bond acceptors (Lipinski definition) is 1. The van der Waals surface area contributed by atoms with Crippen LogP contribution in [0.5, 0.6) is 0 Å². The third kappa shape index (κ3) is 1.58. The van der Waals surface area contributed by atoms with Crippen molar-refractivity contribution in [3.63, 3.8) is 0 Å². The molecule has 1 nitrogen and oxygen atoms in total. The molecule has 1 heterocycles. The first-order chi connectivity index (χ1) is 4.74. The van der Waals surface area contributed by atoms with E-state index in [1.165, 1.54) is 9.75 Å². The lowest BCUT2D eigenvalue weighted by Crippen LogP contribution is -1.77. The molecule has 0 aliphatic heterocycles. The molecule has 0 unspecified atom stereocenters. The minimum absolute atomic E-state index is 0.428. The van der Waals surface area contributed by atoms with Crippen LogP contribution in [0.3, 0.4) is 0 Å². The van der Waals surface area contributed by atoms with Crippen molar-refractivity contribution in [2.24, 2.45) is 0 Å². The quantitative estimate of drug-likeness (QED) is 0.587. The third-order valence-electron chi connectivity index (χ3n) is 1.43. The van der Waals surface area contributed by atoms with Crippen LogP contribution in [0.15, 0.2) is 12.1 Å². The summed E-state index contributed by atoms with van der Waals surface area (Å²) < 4.78 is 0. The van der Waals surface area contributed by atoms with Crippen LogP contribution >= 0.6 is 11.3 Å². The van der Waals surface area contributed by atoms with E-state index in [0.717, 1.165) is 0 Å². The van der Waals surface area contributed by atoms with Crippen molar-refractivity contribution in [2.75, 3.05) is 0 Å². The highest BCUT2D eigenvalue weighted by molar-refractivity contribution is 7.12. The van der Waals surface area contributed by atoms with Gasteiger partial charge in [0.1, 0.15) is 0 Å². The van der Waals surface area contributed by atoms with E-state index in [4.69, 9.17) is 5.11 Å². The maximum atomic E-state index is 7.11. The minimum Gasteiger partial charge on any atom is -0.441 e. The van der Waals surface area contributed by atoms with Crippen LogP contribution in [-0.2, 0) is 6.61 Å². The number of thiophene rings is 1. The Bertz CT molecular complexity index is 203. The monoisotopic (exact) mass is 157 g/mol. The summed E-state index contributed by atoms with van der Waals surface area (Å²) in [6, 6.07) is 4.17. The average molecular weight is 157 g/mol. The molecule has 0 saturated heterocycles. The van der Waals surface area contributed by atoms with Crippen LogP contribution < -0.4 is 0 Å². The van der Waals surface area contributed by atoms with Gasteiger partial charge in [-0.05, 0) is 18.1 Å². The summed E-state index contributed by atoms with van der Waals surface area (Å²) in [5, 5.41) is 7.11. The predicted molar refractivity (Wildman–Crippen MR) is 45.7 cm³/mol. The number of rotatable bonds is 2. The lowest BCUT2D eigenvalue weighted by molar-refractivity contribution is 0.285. The maximum Gasteiger partial charge on any atom is 0.179 e. The zero-order valence-corrected chi connectivity index (χ0v) is 7.16. The summed E-state index contributed by atoms with van der Waals surface area (Å²) in [5.74, 6) is 0.616. The van der Waals surface area contributed by atoms with Crippen LogP contribution in [0, 0.1) is 0 Å². The zero-order valence-electron chi connectivity index (χ0n) is 6.35. The smallest absolute Gasteiger partial charge is 0.179 e. The molecule has 0 amide bonds. The summed E-state index contributed by atoms with van der Waals surface area (Å²) in [5.41, 5.74) is 0. The Morgan fingerprint density at radius 2 is 2.20 bits per heavy atom. The van der Waals surface area contributed by atoms with E-state index in [9.17, 15) is 0 Å². The second-order valence-corrected chi connectivity index (χ2v) is 3.84. The van der Waals surface area contributed by atoms with E-state index in [2.05, 4.69) is 19.9 Å². The van der Waals surface area contributed by atoms with Crippen LogP contribution in [0.1, 0.15) is 29.5 Å². The molecule has 56 valence electrons. The molecular formula is C8H13OS+. The van der Waals surface area contributed by atoms with Gasteiger partial charge in [-0.15, -0.1) is 11.3 Å². The van der Waals surface area contributed by atoms with Gasteiger partial charge in [0.25, 0.3) is 0 Å². The Kier molecular flexibility index (Phi) is 2.46. The van der Waals surface area contributed by atoms with Crippen LogP contribution in [0.4, 0.5) is 0 Å². The molecule has 2 N–H and O–H groups in total. The topological polar surface area (TPSA) is 22.9 Å². The van der Waals surface area contributed by atoms with Crippen molar-refractivity contribution in [2.45, 2.75) is 26.4 Å². The van der Waals surface area contributed by atoms with E-state index in [-0.39, 0.29) is 0 Å². The highest BCUT2D eigenvalue weighted by Crippen LogP contribution is 2.23. The highest BCUT2D eigenvalue weighted by atomic mass is 32.1. The molecule has 1 rings (SSSR count). The van der Waals surface area contributed by atoms with Gasteiger partial charge in [0.15, 0.2) is 6.61 Å². The summed E-state index contributed by atoms with van der Waals surface area (Å²) >= 11 is 1.75. The Balaban J connectivity index is 2.78. The lowest BCUT2D eigenvalue weighted by Gasteiger charge is -1.96. The van der Waals surface area contributed by atoms with Crippen molar-refractivity contribution in [1.82, 2.24) is 0 Å². The van der Waals surface area contributed by atoms with Gasteiger partial charge in [0.2, 0.25) is 0 Å². The Morgan fingerprint density at radius 1 is 1.50 bits per heavy atom. The maximum absolute atomic E-state index is 7.11. The average Bonchev–Trinajstić information content (AvgIpc) is 2.34. The van der Waals surface area contributed by atoms with Crippen molar-refractivity contribution in [3.05, 3.63) is 21.9 Å². The van der Waals surface area contributed by atoms with E-state index in [1.807, 2.05) is 6.07 Å². The van der Waals surface area contributed by atoms with E-state index >= 15 is 0 Å². The van der Waals surface area contributed by atoms with Gasteiger partial charge in [-0.1, -0.05) is 13.8 Å². The van der Waals surface area contributed by atoms with E-state index in [1.54, 1.807) is 11.3 Å². The molecule has 0 aromatic carbocycles. The normalized spacial score (nSPS) is 10.8. The van der Waals surface area contributed by atoms with E-state index < -0.39 is 0 Å². The molecule has 0 bridgehead atoms. The first-order valence-electron chi connectivity index (χ1n) is 3.47. The van der Waals surface area contributed by atoms with Gasteiger partial charge in [0.05, 0.1) is 4.88 Å². The number of hydrogen-bond donors (Lipinski definition) is 0. The molecule has 10 heavy (non-hydrogen) atoms. The van der Waals surface area contributed by atoms with Crippen LogP contribution in [-0.4, -0.2) is 5.11 Å². The molecule has 1 aromatic heterocycles. The second kappa shape index (κ2) is 3.17. The summed E-state index contributed by atoms with van der Waals surface area (Å²) in [6.07, 6.45) is 0. The molecule has 1 aromatic rings. The largest absolute Gasteiger partial charge is 0.441 e. The van der Waals surface area contributed by atoms with Gasteiger partial charge in [0, 0.05) is 4.88 Å². The van der Waals surface area contributed by atoms with Gasteiger partial charge in [-0.25, -0.2) is 0 Å². The lowest BCUT2D eigenvalue weighted by atomic mass is 10.2. The van der Waals surface area contributed by atoms with Crippen molar-refractivity contribution < 1.29 is 5.11 Å². The van der Waals surface area contributed by atoms with Gasteiger partial charge in [-0.2, -0.15) is 0 Å². The summed E-state index contributed by atoms with van der Waals surface area (Å²) in [6.45, 7) is 4.79. The van der Waals surface area contributed by atoms with Crippen molar-refractivity contribution in [3.8, 4) is 0 Å². The Hall–Kier alpha value is -0.340. The van der Waals surface area contributed by atoms with Crippen molar-refractivity contribution in [1.29, 1.82) is 0 Å². The molecule has 0 aliphatic rings. The summed E-state index contributed by atoms with van der Waals surface area (Å²) in [7, 11) is 0. The van der Waals surface area contributed by atoms with Gasteiger partial charge in [-0.3, -0.25) is 0 Å². The predicted octanol–water partition coefficient (Wildman–Crippen LogP) is 2.10. The molecule has 0 spiro atoms. The standard InChI is InChI=1S/C8H12OS/c1-6(2)8-4-3-7(5-9)10-8/h3-4,6,9H,5H2,1-2H3/p+1. The fourth-order valence-corrected chi connectivity index (χ4v) is 1.68. The van der Waals surface area contributed by atoms with Crippen LogP contribution in [0.2, 0.25) is 0 Å². The fourth-order valence-electron chi connectivity index (χ4n) is 0.800. The summed E-state index contributed by atoms with van der Waals surface area (Å²) in [4.78, 5) is 2.56. The molecular weight excluding hydrogens is 144 g/mol. The molecule has 0 aliphatic carbocycles. The zero-order chi connectivity index (χ0) is 7.56. The van der Waals surface area contributed by atoms with E-state index in [0.29, 0.717) is 12.5 Å². The first kappa shape index (κ1) is 7.76. The SMILES string of the molecule is CC(C)c1ccc(C[OH2+])s1. The highest BCUT2D eigenvalue weighted by Gasteiger charge is 2.03. The van der Waals surface area contributed by atoms with Gasteiger partial charge >= 0.3 is 0 Å². The second-order valence-electron chi connectivity index (χ2n) is 2.64. The molecule has 0 atom stereocenters.